The number of anilines is 3. The van der Waals surface area contributed by atoms with Crippen LogP contribution in [0.25, 0.3) is 44.3 Å². The normalized spacial score (nSPS) is 11.2. The van der Waals surface area contributed by atoms with Gasteiger partial charge in [0, 0.05) is 22.1 Å². The summed E-state index contributed by atoms with van der Waals surface area (Å²) in [5.74, 6) is 0.802. The van der Waals surface area contributed by atoms with Crippen molar-refractivity contribution in [2.75, 3.05) is 4.90 Å². The second kappa shape index (κ2) is 9.38. The lowest BCUT2D eigenvalue weighted by Crippen LogP contribution is -2.11. The van der Waals surface area contributed by atoms with Gasteiger partial charge in [-0.3, -0.25) is 4.90 Å². The maximum atomic E-state index is 6.13. The van der Waals surface area contributed by atoms with Crippen LogP contribution < -0.4 is 4.90 Å². The third-order valence-electron chi connectivity index (χ3n) is 6.92. The Morgan fingerprint density at radius 2 is 0.921 bits per heavy atom. The number of hydrogen-bond acceptors (Lipinski definition) is 3. The molecule has 2 aromatic heterocycles. The Morgan fingerprint density at radius 1 is 0.421 bits per heavy atom. The number of para-hydroxylation sites is 1. The van der Waals surface area contributed by atoms with Gasteiger partial charge in [0.25, 0.3) is 0 Å². The molecule has 0 atom stereocenters. The summed E-state index contributed by atoms with van der Waals surface area (Å²) in [5.41, 5.74) is 8.27. The van der Waals surface area contributed by atoms with E-state index >= 15 is 0 Å². The number of nitrogens with zero attached hydrogens (tertiary/aromatic N) is 2. The maximum Gasteiger partial charge on any atom is 0.229 e. The van der Waals surface area contributed by atoms with Crippen molar-refractivity contribution in [3.8, 4) is 22.3 Å². The summed E-state index contributed by atoms with van der Waals surface area (Å²) in [7, 11) is 0. The molecule has 0 aliphatic rings. The second-order valence-electron chi connectivity index (χ2n) is 9.28. The van der Waals surface area contributed by atoms with Crippen molar-refractivity contribution in [1.82, 2.24) is 4.98 Å². The second-order valence-corrected chi connectivity index (χ2v) is 9.28. The van der Waals surface area contributed by atoms with Crippen molar-refractivity contribution in [3.05, 3.63) is 146 Å². The van der Waals surface area contributed by atoms with Gasteiger partial charge in [0.15, 0.2) is 0 Å². The molecule has 0 amide bonds. The van der Waals surface area contributed by atoms with Crippen LogP contribution in [0.1, 0.15) is 0 Å². The molecule has 0 bridgehead atoms. The highest BCUT2D eigenvalue weighted by atomic mass is 16.3. The lowest BCUT2D eigenvalue weighted by molar-refractivity contribution is 0.654. The first-order valence-electron chi connectivity index (χ1n) is 12.7. The third-order valence-corrected chi connectivity index (χ3v) is 6.92. The van der Waals surface area contributed by atoms with Crippen molar-refractivity contribution in [2.24, 2.45) is 0 Å². The van der Waals surface area contributed by atoms with Crippen LogP contribution >= 0.6 is 0 Å². The van der Waals surface area contributed by atoms with Crippen molar-refractivity contribution < 1.29 is 4.42 Å². The first-order chi connectivity index (χ1) is 18.8. The molecule has 0 fully saturated rings. The average Bonchev–Trinajstić information content (AvgIpc) is 3.37. The van der Waals surface area contributed by atoms with E-state index in [1.54, 1.807) is 0 Å². The largest absolute Gasteiger partial charge is 0.438 e. The minimum Gasteiger partial charge on any atom is -0.438 e. The molecule has 7 aromatic rings. The fourth-order valence-corrected chi connectivity index (χ4v) is 5.00. The Bertz CT molecular complexity index is 1760. The monoisotopic (exact) mass is 488 g/mol. The highest BCUT2D eigenvalue weighted by Gasteiger charge is 2.17. The number of pyridine rings is 1. The standard InChI is InChI=1S/C35H24N2O/c1-3-9-25(10-4-1)27-15-19-29(20-16-27)37(30-21-17-28(18-22-30)26-11-5-2-6-12-26)34-24-23-32-31-13-7-8-14-33(31)38-35(32)36-34/h1-24H. The summed E-state index contributed by atoms with van der Waals surface area (Å²) in [5, 5.41) is 2.09. The Labute approximate surface area is 221 Å². The summed E-state index contributed by atoms with van der Waals surface area (Å²) in [4.78, 5) is 7.16. The lowest BCUT2D eigenvalue weighted by atomic mass is 10.0. The maximum absolute atomic E-state index is 6.13. The first kappa shape index (κ1) is 22.1. The number of benzene rings is 5. The summed E-state index contributed by atoms with van der Waals surface area (Å²) in [6.07, 6.45) is 0. The molecule has 3 nitrogen and oxygen atoms in total. The Kier molecular flexibility index (Phi) is 5.45. The molecule has 7 rings (SSSR count). The number of aromatic nitrogens is 1. The Hall–Kier alpha value is -5.15. The lowest BCUT2D eigenvalue weighted by Gasteiger charge is -2.24. The van der Waals surface area contributed by atoms with Gasteiger partial charge in [-0.05, 0) is 64.7 Å². The fourth-order valence-electron chi connectivity index (χ4n) is 5.00. The van der Waals surface area contributed by atoms with Crippen LogP contribution in [-0.2, 0) is 0 Å². The van der Waals surface area contributed by atoms with Gasteiger partial charge in [0.05, 0.1) is 0 Å². The molecule has 2 heterocycles. The number of fused-ring (bicyclic) bond motifs is 3. The van der Waals surface area contributed by atoms with Gasteiger partial charge in [-0.1, -0.05) is 103 Å². The van der Waals surface area contributed by atoms with Gasteiger partial charge in [-0.15, -0.1) is 0 Å². The summed E-state index contributed by atoms with van der Waals surface area (Å²) >= 11 is 0. The molecule has 0 saturated carbocycles. The Morgan fingerprint density at radius 3 is 1.50 bits per heavy atom. The molecule has 0 radical (unpaired) electrons. The van der Waals surface area contributed by atoms with Gasteiger partial charge in [-0.2, -0.15) is 4.98 Å². The first-order valence-corrected chi connectivity index (χ1v) is 12.7. The van der Waals surface area contributed by atoms with Crippen LogP contribution in [0.3, 0.4) is 0 Å². The van der Waals surface area contributed by atoms with Gasteiger partial charge in [0.2, 0.25) is 5.71 Å². The third kappa shape index (κ3) is 4.00. The fraction of sp³-hybridized carbons (Fsp3) is 0. The van der Waals surface area contributed by atoms with Crippen LogP contribution in [0.15, 0.2) is 150 Å². The van der Waals surface area contributed by atoms with Crippen molar-refractivity contribution in [3.63, 3.8) is 0 Å². The number of furan rings is 1. The van der Waals surface area contributed by atoms with Crippen LogP contribution in [0.2, 0.25) is 0 Å². The van der Waals surface area contributed by atoms with Crippen LogP contribution in [-0.4, -0.2) is 4.98 Å². The highest BCUT2D eigenvalue weighted by molar-refractivity contribution is 6.04. The van der Waals surface area contributed by atoms with Crippen molar-refractivity contribution in [1.29, 1.82) is 0 Å². The molecule has 0 N–H and O–H groups in total. The zero-order chi connectivity index (χ0) is 25.3. The van der Waals surface area contributed by atoms with Gasteiger partial charge >= 0.3 is 0 Å². The zero-order valence-corrected chi connectivity index (χ0v) is 20.7. The summed E-state index contributed by atoms with van der Waals surface area (Å²) < 4.78 is 6.13. The highest BCUT2D eigenvalue weighted by Crippen LogP contribution is 2.37. The topological polar surface area (TPSA) is 29.3 Å². The van der Waals surface area contributed by atoms with Gasteiger partial charge in [-0.25, -0.2) is 0 Å². The van der Waals surface area contributed by atoms with E-state index in [0.29, 0.717) is 5.71 Å². The number of hydrogen-bond donors (Lipinski definition) is 0. The van der Waals surface area contributed by atoms with Gasteiger partial charge < -0.3 is 4.42 Å². The van der Waals surface area contributed by atoms with E-state index in [2.05, 4.69) is 120 Å². The summed E-state index contributed by atoms with van der Waals surface area (Å²) in [6, 6.07) is 50.4. The molecular formula is C35H24N2O. The molecule has 0 spiro atoms. The minimum absolute atomic E-state index is 0.635. The van der Waals surface area contributed by atoms with E-state index in [1.165, 1.54) is 22.3 Å². The van der Waals surface area contributed by atoms with E-state index in [9.17, 15) is 0 Å². The van der Waals surface area contributed by atoms with E-state index in [0.717, 1.165) is 33.5 Å². The van der Waals surface area contributed by atoms with E-state index in [4.69, 9.17) is 9.40 Å². The molecule has 180 valence electrons. The smallest absolute Gasteiger partial charge is 0.229 e. The van der Waals surface area contributed by atoms with Crippen molar-refractivity contribution in [2.45, 2.75) is 0 Å². The predicted molar refractivity (Wildman–Crippen MR) is 157 cm³/mol. The average molecular weight is 489 g/mol. The minimum atomic E-state index is 0.635. The van der Waals surface area contributed by atoms with Crippen LogP contribution in [0, 0.1) is 0 Å². The Balaban J connectivity index is 1.34. The van der Waals surface area contributed by atoms with E-state index in [-0.39, 0.29) is 0 Å². The molecule has 3 heteroatoms. The van der Waals surface area contributed by atoms with Crippen LogP contribution in [0.4, 0.5) is 17.2 Å². The van der Waals surface area contributed by atoms with E-state index in [1.807, 2.05) is 30.3 Å². The predicted octanol–water partition coefficient (Wildman–Crippen LogP) is 9.78. The molecular weight excluding hydrogens is 464 g/mol. The molecule has 0 saturated heterocycles. The zero-order valence-electron chi connectivity index (χ0n) is 20.7. The van der Waals surface area contributed by atoms with Crippen LogP contribution in [0.5, 0.6) is 0 Å². The summed E-state index contributed by atoms with van der Waals surface area (Å²) in [6.45, 7) is 0. The van der Waals surface area contributed by atoms with Crippen molar-refractivity contribution >= 4 is 39.3 Å². The molecule has 38 heavy (non-hydrogen) atoms. The molecule has 0 unspecified atom stereocenters. The van der Waals surface area contributed by atoms with Gasteiger partial charge in [0.1, 0.15) is 11.4 Å². The van der Waals surface area contributed by atoms with E-state index < -0.39 is 0 Å². The SMILES string of the molecule is c1ccc(-c2ccc(N(c3ccc(-c4ccccc4)cc3)c3ccc4c(n3)oc3ccccc34)cc2)cc1. The molecule has 5 aromatic carbocycles. The number of rotatable bonds is 5. The molecule has 0 aliphatic heterocycles. The quantitative estimate of drug-likeness (QED) is 0.241. The molecule has 0 aliphatic carbocycles.